The minimum Gasteiger partial charge on any atom is -0.329 e. The van der Waals surface area contributed by atoms with Gasteiger partial charge < -0.3 is 5.73 Å². The lowest BCUT2D eigenvalue weighted by Gasteiger charge is -2.36. The Labute approximate surface area is 136 Å². The number of nitrogens with two attached hydrogens (primary N) is 1. The number of hydrogen-bond acceptors (Lipinski definition) is 6. The first-order chi connectivity index (χ1) is 10.6. The summed E-state index contributed by atoms with van der Waals surface area (Å²) in [5, 5.41) is 8.94. The molecule has 0 spiro atoms. The SMILES string of the molecule is C[C@@]1(N(CCN)S(=O)(=O)c2cccc(C#N)c2)CCS(=O)(=O)C1. The fourth-order valence-corrected chi connectivity index (χ4v) is 6.93. The molecule has 1 aliphatic heterocycles. The third kappa shape index (κ3) is 3.55. The highest BCUT2D eigenvalue weighted by Gasteiger charge is 2.47. The van der Waals surface area contributed by atoms with Crippen LogP contribution in [0, 0.1) is 11.3 Å². The van der Waals surface area contributed by atoms with Crippen molar-refractivity contribution in [3.8, 4) is 6.07 Å². The molecule has 0 saturated carbocycles. The van der Waals surface area contributed by atoms with Crippen molar-refractivity contribution in [3.05, 3.63) is 29.8 Å². The van der Waals surface area contributed by atoms with Gasteiger partial charge in [-0.1, -0.05) is 6.07 Å². The van der Waals surface area contributed by atoms with E-state index in [-0.39, 0.29) is 41.5 Å². The fourth-order valence-electron chi connectivity index (χ4n) is 2.84. The summed E-state index contributed by atoms with van der Waals surface area (Å²) < 4.78 is 50.7. The molecule has 0 aliphatic carbocycles. The van der Waals surface area contributed by atoms with Crippen molar-refractivity contribution in [2.24, 2.45) is 5.73 Å². The molecule has 23 heavy (non-hydrogen) atoms. The molecule has 9 heteroatoms. The first-order valence-electron chi connectivity index (χ1n) is 7.08. The Morgan fingerprint density at radius 2 is 2.13 bits per heavy atom. The second kappa shape index (κ2) is 6.20. The molecule has 7 nitrogen and oxygen atoms in total. The van der Waals surface area contributed by atoms with Crippen LogP contribution < -0.4 is 5.73 Å². The van der Waals surface area contributed by atoms with E-state index in [4.69, 9.17) is 11.0 Å². The van der Waals surface area contributed by atoms with Crippen LogP contribution in [0.3, 0.4) is 0 Å². The summed E-state index contributed by atoms with van der Waals surface area (Å²) in [6.07, 6.45) is 0.229. The van der Waals surface area contributed by atoms with Crippen molar-refractivity contribution in [2.75, 3.05) is 24.6 Å². The average Bonchev–Trinajstić information content (AvgIpc) is 2.79. The average molecular weight is 357 g/mol. The molecule has 0 aromatic heterocycles. The van der Waals surface area contributed by atoms with E-state index < -0.39 is 25.4 Å². The molecule has 1 fully saturated rings. The number of nitriles is 1. The van der Waals surface area contributed by atoms with E-state index in [2.05, 4.69) is 0 Å². The topological polar surface area (TPSA) is 121 Å². The van der Waals surface area contributed by atoms with Crippen LogP contribution in [0.4, 0.5) is 0 Å². The van der Waals surface area contributed by atoms with E-state index in [0.717, 1.165) is 0 Å². The molecule has 0 radical (unpaired) electrons. The van der Waals surface area contributed by atoms with E-state index >= 15 is 0 Å². The highest BCUT2D eigenvalue weighted by molar-refractivity contribution is 7.92. The van der Waals surface area contributed by atoms with Gasteiger partial charge in [0.05, 0.1) is 28.0 Å². The summed E-state index contributed by atoms with van der Waals surface area (Å²) in [6, 6.07) is 7.57. The quantitative estimate of drug-likeness (QED) is 0.797. The summed E-state index contributed by atoms with van der Waals surface area (Å²) >= 11 is 0. The van der Waals surface area contributed by atoms with Crippen LogP contribution in [0.1, 0.15) is 18.9 Å². The van der Waals surface area contributed by atoms with Crippen LogP contribution in [0.15, 0.2) is 29.2 Å². The van der Waals surface area contributed by atoms with Crippen LogP contribution in [0.5, 0.6) is 0 Å². The molecule has 1 saturated heterocycles. The second-order valence-corrected chi connectivity index (χ2v) is 9.89. The van der Waals surface area contributed by atoms with E-state index in [1.54, 1.807) is 6.92 Å². The van der Waals surface area contributed by atoms with Crippen LogP contribution in [0.2, 0.25) is 0 Å². The lowest BCUT2D eigenvalue weighted by Crippen LogP contribution is -2.52. The van der Waals surface area contributed by atoms with E-state index in [9.17, 15) is 16.8 Å². The van der Waals surface area contributed by atoms with Crippen LogP contribution in [-0.4, -0.2) is 51.3 Å². The van der Waals surface area contributed by atoms with Gasteiger partial charge in [0.15, 0.2) is 9.84 Å². The van der Waals surface area contributed by atoms with E-state index in [0.29, 0.717) is 0 Å². The third-order valence-corrected chi connectivity index (χ3v) is 7.91. The zero-order valence-electron chi connectivity index (χ0n) is 12.8. The van der Waals surface area contributed by atoms with Crippen LogP contribution >= 0.6 is 0 Å². The van der Waals surface area contributed by atoms with Crippen LogP contribution in [0.25, 0.3) is 0 Å². The maximum Gasteiger partial charge on any atom is 0.243 e. The Kier molecular flexibility index (Phi) is 4.82. The van der Waals surface area contributed by atoms with Gasteiger partial charge in [0.25, 0.3) is 0 Å². The normalized spacial score (nSPS) is 23.7. The molecule has 0 bridgehead atoms. The first-order valence-corrected chi connectivity index (χ1v) is 10.3. The molecule has 1 atom stereocenters. The number of benzene rings is 1. The highest BCUT2D eigenvalue weighted by Crippen LogP contribution is 2.33. The summed E-state index contributed by atoms with van der Waals surface area (Å²) in [4.78, 5) is -0.0319. The maximum absolute atomic E-state index is 13.0. The number of hydrogen-bond donors (Lipinski definition) is 1. The maximum atomic E-state index is 13.0. The monoisotopic (exact) mass is 357 g/mol. The van der Waals surface area contributed by atoms with Gasteiger partial charge in [-0.2, -0.15) is 9.57 Å². The molecular formula is C14H19N3O4S2. The van der Waals surface area contributed by atoms with Crippen molar-refractivity contribution in [2.45, 2.75) is 23.8 Å². The minimum atomic E-state index is -3.95. The van der Waals surface area contributed by atoms with E-state index in [1.165, 1.54) is 28.6 Å². The van der Waals surface area contributed by atoms with Gasteiger partial charge in [0.1, 0.15) is 0 Å². The van der Waals surface area contributed by atoms with Crippen molar-refractivity contribution in [1.82, 2.24) is 4.31 Å². The van der Waals surface area contributed by atoms with Gasteiger partial charge in [-0.05, 0) is 31.5 Å². The summed E-state index contributed by atoms with van der Waals surface area (Å²) in [5.41, 5.74) is 4.74. The molecule has 1 aromatic carbocycles. The van der Waals surface area contributed by atoms with Gasteiger partial charge in [0.2, 0.25) is 10.0 Å². The van der Waals surface area contributed by atoms with Crippen molar-refractivity contribution in [3.63, 3.8) is 0 Å². The largest absolute Gasteiger partial charge is 0.329 e. The predicted molar refractivity (Wildman–Crippen MR) is 85.8 cm³/mol. The summed E-state index contributed by atoms with van der Waals surface area (Å²) in [7, 11) is -7.22. The van der Waals surface area contributed by atoms with Gasteiger partial charge in [-0.15, -0.1) is 0 Å². The summed E-state index contributed by atoms with van der Waals surface area (Å²) in [5.74, 6) is -0.268. The smallest absolute Gasteiger partial charge is 0.243 e. The number of rotatable bonds is 5. The van der Waals surface area contributed by atoms with Crippen LogP contribution in [-0.2, 0) is 19.9 Å². The summed E-state index contributed by atoms with van der Waals surface area (Å²) in [6.45, 7) is 1.72. The Balaban J connectivity index is 2.50. The zero-order chi connectivity index (χ0) is 17.3. The molecule has 0 amide bonds. The van der Waals surface area contributed by atoms with Gasteiger partial charge >= 0.3 is 0 Å². The Morgan fingerprint density at radius 3 is 2.65 bits per heavy atom. The number of sulfone groups is 1. The van der Waals surface area contributed by atoms with Crippen molar-refractivity contribution in [1.29, 1.82) is 5.26 Å². The van der Waals surface area contributed by atoms with Gasteiger partial charge in [0, 0.05) is 18.6 Å². The predicted octanol–water partition coefficient (Wildman–Crippen LogP) is 0.0849. The third-order valence-electron chi connectivity index (χ3n) is 3.97. The number of sulfonamides is 1. The molecule has 2 rings (SSSR count). The molecule has 1 heterocycles. The number of nitrogens with zero attached hydrogens (tertiary/aromatic N) is 2. The minimum absolute atomic E-state index is 0.0190. The van der Waals surface area contributed by atoms with Gasteiger partial charge in [-0.3, -0.25) is 0 Å². The van der Waals surface area contributed by atoms with Crippen molar-refractivity contribution >= 4 is 19.9 Å². The molecule has 1 aliphatic rings. The first kappa shape index (κ1) is 17.9. The highest BCUT2D eigenvalue weighted by atomic mass is 32.2. The van der Waals surface area contributed by atoms with E-state index in [1.807, 2.05) is 6.07 Å². The standard InChI is InChI=1S/C14H19N3O4S2/c1-14(5-8-22(18,19)11-14)17(7-6-15)23(20,21)13-4-2-3-12(9-13)10-16/h2-4,9H,5-8,11,15H2,1H3/t14-/m1/s1. The molecule has 1 aromatic rings. The zero-order valence-corrected chi connectivity index (χ0v) is 14.4. The molecule has 2 N–H and O–H groups in total. The molecular weight excluding hydrogens is 338 g/mol. The van der Waals surface area contributed by atoms with Gasteiger partial charge in [-0.25, -0.2) is 16.8 Å². The lowest BCUT2D eigenvalue weighted by molar-refractivity contribution is 0.238. The lowest BCUT2D eigenvalue weighted by atomic mass is 10.0. The van der Waals surface area contributed by atoms with Crippen molar-refractivity contribution < 1.29 is 16.8 Å². The fraction of sp³-hybridized carbons (Fsp3) is 0.500. The Morgan fingerprint density at radius 1 is 1.43 bits per heavy atom. The molecule has 126 valence electrons. The Hall–Kier alpha value is -1.47. The second-order valence-electron chi connectivity index (χ2n) is 5.84. The molecule has 0 unspecified atom stereocenters. The Bertz CT molecular complexity index is 843.